The predicted octanol–water partition coefficient (Wildman–Crippen LogP) is 4.07. The van der Waals surface area contributed by atoms with Crippen LogP contribution in [0.3, 0.4) is 0 Å². The van der Waals surface area contributed by atoms with Crippen molar-refractivity contribution in [1.29, 1.82) is 0 Å². The summed E-state index contributed by atoms with van der Waals surface area (Å²) in [7, 11) is 0. The van der Waals surface area contributed by atoms with Gasteiger partial charge in [-0.1, -0.05) is 24.3 Å². The van der Waals surface area contributed by atoms with E-state index in [1.54, 1.807) is 0 Å². The van der Waals surface area contributed by atoms with Gasteiger partial charge in [0, 0.05) is 23.9 Å². The highest BCUT2D eigenvalue weighted by Gasteiger charge is 2.30. The lowest BCUT2D eigenvalue weighted by molar-refractivity contribution is -0.123. The molecule has 0 saturated heterocycles. The van der Waals surface area contributed by atoms with E-state index in [2.05, 4.69) is 10.6 Å². The van der Waals surface area contributed by atoms with Crippen LogP contribution < -0.4 is 15.4 Å². The molecule has 1 aliphatic heterocycles. The van der Waals surface area contributed by atoms with Gasteiger partial charge in [0.05, 0.1) is 12.0 Å². The van der Waals surface area contributed by atoms with Gasteiger partial charge in [-0.15, -0.1) is 0 Å². The summed E-state index contributed by atoms with van der Waals surface area (Å²) < 4.78 is 6.00. The number of nitrogens with one attached hydrogen (secondary N) is 2. The van der Waals surface area contributed by atoms with Crippen molar-refractivity contribution in [2.24, 2.45) is 0 Å². The molecule has 0 aromatic heterocycles. The van der Waals surface area contributed by atoms with E-state index in [-0.39, 0.29) is 24.3 Å². The zero-order chi connectivity index (χ0) is 17.9. The van der Waals surface area contributed by atoms with Gasteiger partial charge in [0.25, 0.3) is 0 Å². The maximum atomic E-state index is 12.8. The van der Waals surface area contributed by atoms with Gasteiger partial charge in [0.15, 0.2) is 0 Å². The first-order chi connectivity index (χ1) is 12.7. The Morgan fingerprint density at radius 3 is 2.73 bits per heavy atom. The maximum Gasteiger partial charge on any atom is 0.232 e. The molecule has 4 rings (SSSR count). The molecular weight excluding hydrogens is 328 g/mol. The minimum atomic E-state index is -0.487. The summed E-state index contributed by atoms with van der Waals surface area (Å²) in [6.07, 6.45) is 5.03. The Balaban J connectivity index is 1.49. The van der Waals surface area contributed by atoms with E-state index in [4.69, 9.17) is 4.74 Å². The monoisotopic (exact) mass is 350 g/mol. The van der Waals surface area contributed by atoms with Crippen molar-refractivity contribution in [3.8, 4) is 5.75 Å². The standard InChI is InChI=1S/C21H22N2O3/c24-20-13-18(17-10-3-4-11-19(17)23-20)21(25)22-14-6-5-9-16(12-14)26-15-7-1-2-8-15/h3-6,9-12,15,18H,1-2,7-8,13H2,(H,22,25)(H,23,24)/t18-/m1/s1. The Hall–Kier alpha value is -2.82. The first kappa shape index (κ1) is 16.6. The molecule has 1 heterocycles. The molecule has 5 nitrogen and oxygen atoms in total. The highest BCUT2D eigenvalue weighted by atomic mass is 16.5. The minimum absolute atomic E-state index is 0.137. The van der Waals surface area contributed by atoms with Crippen LogP contribution in [0.15, 0.2) is 48.5 Å². The summed E-state index contributed by atoms with van der Waals surface area (Å²) in [5.74, 6) is -0.0247. The van der Waals surface area contributed by atoms with E-state index in [1.165, 1.54) is 12.8 Å². The lowest BCUT2D eigenvalue weighted by Gasteiger charge is -2.24. The van der Waals surface area contributed by atoms with Crippen molar-refractivity contribution >= 4 is 23.2 Å². The number of carbonyl (C=O) groups excluding carboxylic acids is 2. The second-order valence-electron chi connectivity index (χ2n) is 6.93. The smallest absolute Gasteiger partial charge is 0.232 e. The first-order valence-electron chi connectivity index (χ1n) is 9.15. The number of benzene rings is 2. The van der Waals surface area contributed by atoms with Gasteiger partial charge in [-0.2, -0.15) is 0 Å². The topological polar surface area (TPSA) is 67.4 Å². The van der Waals surface area contributed by atoms with Crippen molar-refractivity contribution in [1.82, 2.24) is 0 Å². The van der Waals surface area contributed by atoms with Crippen molar-refractivity contribution in [2.75, 3.05) is 10.6 Å². The zero-order valence-corrected chi connectivity index (χ0v) is 14.5. The average molecular weight is 350 g/mol. The number of carbonyl (C=O) groups is 2. The number of hydrogen-bond acceptors (Lipinski definition) is 3. The molecule has 0 bridgehead atoms. The fourth-order valence-electron chi connectivity index (χ4n) is 3.72. The molecule has 2 N–H and O–H groups in total. The molecule has 2 amide bonds. The van der Waals surface area contributed by atoms with Crippen molar-refractivity contribution < 1.29 is 14.3 Å². The molecule has 1 fully saturated rings. The summed E-state index contributed by atoms with van der Waals surface area (Å²) in [6, 6.07) is 14.9. The summed E-state index contributed by atoms with van der Waals surface area (Å²) in [6.45, 7) is 0. The maximum absolute atomic E-state index is 12.8. The quantitative estimate of drug-likeness (QED) is 0.873. The fraction of sp³-hybridized carbons (Fsp3) is 0.333. The van der Waals surface area contributed by atoms with Crippen LogP contribution in [0, 0.1) is 0 Å². The molecule has 0 unspecified atom stereocenters. The Bertz CT molecular complexity index is 828. The second kappa shape index (κ2) is 7.20. The molecule has 5 heteroatoms. The molecule has 2 aromatic carbocycles. The van der Waals surface area contributed by atoms with Crippen molar-refractivity contribution in [2.45, 2.75) is 44.1 Å². The van der Waals surface area contributed by atoms with Gasteiger partial charge in [-0.3, -0.25) is 9.59 Å². The summed E-state index contributed by atoms with van der Waals surface area (Å²) in [4.78, 5) is 24.7. The molecule has 2 aliphatic rings. The Labute approximate surface area is 152 Å². The van der Waals surface area contributed by atoms with Gasteiger partial charge in [0.1, 0.15) is 5.75 Å². The van der Waals surface area contributed by atoms with Crippen LogP contribution in [0.2, 0.25) is 0 Å². The van der Waals surface area contributed by atoms with Crippen LogP contribution in [-0.2, 0) is 9.59 Å². The van der Waals surface area contributed by atoms with E-state index in [0.717, 1.165) is 24.2 Å². The molecule has 1 atom stereocenters. The summed E-state index contributed by atoms with van der Waals surface area (Å²) in [5.41, 5.74) is 2.25. The number of fused-ring (bicyclic) bond motifs is 1. The van der Waals surface area contributed by atoms with E-state index < -0.39 is 5.92 Å². The largest absolute Gasteiger partial charge is 0.490 e. The van der Waals surface area contributed by atoms with Crippen LogP contribution in [0.5, 0.6) is 5.75 Å². The van der Waals surface area contributed by atoms with Crippen molar-refractivity contribution in [3.05, 3.63) is 54.1 Å². The van der Waals surface area contributed by atoms with Crippen LogP contribution >= 0.6 is 0 Å². The Kier molecular flexibility index (Phi) is 4.61. The molecule has 0 spiro atoms. The van der Waals surface area contributed by atoms with Crippen LogP contribution in [0.25, 0.3) is 0 Å². The molecule has 26 heavy (non-hydrogen) atoms. The first-order valence-corrected chi connectivity index (χ1v) is 9.15. The second-order valence-corrected chi connectivity index (χ2v) is 6.93. The van der Waals surface area contributed by atoms with Gasteiger partial charge in [-0.25, -0.2) is 0 Å². The van der Waals surface area contributed by atoms with Crippen LogP contribution in [0.4, 0.5) is 11.4 Å². The lowest BCUT2D eigenvalue weighted by atomic mass is 9.90. The number of amides is 2. The van der Waals surface area contributed by atoms with E-state index in [1.807, 2.05) is 48.5 Å². The number of rotatable bonds is 4. The Morgan fingerprint density at radius 1 is 1.08 bits per heavy atom. The number of para-hydroxylation sites is 1. The van der Waals surface area contributed by atoms with Gasteiger partial charge >= 0.3 is 0 Å². The normalized spacial score (nSPS) is 19.5. The lowest BCUT2D eigenvalue weighted by Crippen LogP contribution is -2.30. The molecule has 0 radical (unpaired) electrons. The fourth-order valence-corrected chi connectivity index (χ4v) is 3.72. The number of ether oxygens (including phenoxy) is 1. The molecule has 134 valence electrons. The van der Waals surface area contributed by atoms with Crippen LogP contribution in [0.1, 0.15) is 43.6 Å². The third kappa shape index (κ3) is 3.57. The van der Waals surface area contributed by atoms with E-state index in [9.17, 15) is 9.59 Å². The van der Waals surface area contributed by atoms with Crippen LogP contribution in [-0.4, -0.2) is 17.9 Å². The molecular formula is C21H22N2O3. The van der Waals surface area contributed by atoms with Crippen molar-refractivity contribution in [3.63, 3.8) is 0 Å². The van der Waals surface area contributed by atoms with E-state index >= 15 is 0 Å². The zero-order valence-electron chi connectivity index (χ0n) is 14.5. The predicted molar refractivity (Wildman–Crippen MR) is 100 cm³/mol. The Morgan fingerprint density at radius 2 is 1.88 bits per heavy atom. The highest BCUT2D eigenvalue weighted by molar-refractivity contribution is 6.05. The third-order valence-corrected chi connectivity index (χ3v) is 5.02. The van der Waals surface area contributed by atoms with Gasteiger partial charge in [-0.05, 0) is 49.4 Å². The van der Waals surface area contributed by atoms with Gasteiger partial charge < -0.3 is 15.4 Å². The summed E-state index contributed by atoms with van der Waals surface area (Å²) in [5, 5.41) is 5.76. The minimum Gasteiger partial charge on any atom is -0.490 e. The highest BCUT2D eigenvalue weighted by Crippen LogP contribution is 2.33. The third-order valence-electron chi connectivity index (χ3n) is 5.02. The molecule has 2 aromatic rings. The molecule has 1 saturated carbocycles. The summed E-state index contributed by atoms with van der Waals surface area (Å²) >= 11 is 0. The van der Waals surface area contributed by atoms with Gasteiger partial charge in [0.2, 0.25) is 11.8 Å². The van der Waals surface area contributed by atoms with E-state index in [0.29, 0.717) is 11.4 Å². The SMILES string of the molecule is O=C1C[C@@H](C(=O)Nc2cccc(OC3CCCC3)c2)c2ccccc2N1. The average Bonchev–Trinajstić information content (AvgIpc) is 3.14. The number of anilines is 2. The number of hydrogen-bond donors (Lipinski definition) is 2. The molecule has 1 aliphatic carbocycles.